The van der Waals surface area contributed by atoms with Gasteiger partial charge in [0, 0.05) is 15.6 Å². The maximum Gasteiger partial charge on any atom is 0.326 e. The second kappa shape index (κ2) is 9.96. The van der Waals surface area contributed by atoms with Gasteiger partial charge in [0.2, 0.25) is 0 Å². The average molecular weight is 480 g/mol. The number of aliphatic carboxylic acids is 1. The summed E-state index contributed by atoms with van der Waals surface area (Å²) in [5, 5.41) is 10.7. The predicted octanol–water partition coefficient (Wildman–Crippen LogP) is 6.51. The van der Waals surface area contributed by atoms with E-state index >= 15 is 0 Å². The van der Waals surface area contributed by atoms with E-state index in [0.717, 1.165) is 34.9 Å². The second-order valence-corrected chi connectivity index (χ2v) is 9.32. The molecule has 0 unspecified atom stereocenters. The minimum Gasteiger partial charge on any atom is -0.480 e. The Balaban J connectivity index is 1.86. The Morgan fingerprint density at radius 3 is 2.67 bits per heavy atom. The number of unbranched alkanes of at least 4 members (excludes halogenated alkanes) is 1. The highest BCUT2D eigenvalue weighted by atomic mass is 35.5. The predicted molar refractivity (Wildman–Crippen MR) is 128 cm³/mol. The van der Waals surface area contributed by atoms with Crippen LogP contribution in [0.2, 0.25) is 10.0 Å². The Morgan fingerprint density at radius 2 is 2.03 bits per heavy atom. The fraction of sp³-hybridized carbons (Fsp3) is 0.227. The SMILES string of the molecule is CCCC[C@@H](C(=O)O)N1C(=O)/C(=C/c2ccc(-c3cccc(Cl)c3)c(Cl)c2)SC1=S. The first-order valence-electron chi connectivity index (χ1n) is 9.37. The van der Waals surface area contributed by atoms with Crippen molar-refractivity contribution < 1.29 is 14.7 Å². The van der Waals surface area contributed by atoms with Crippen LogP contribution in [0.1, 0.15) is 31.7 Å². The lowest BCUT2D eigenvalue weighted by atomic mass is 10.0. The van der Waals surface area contributed by atoms with E-state index in [2.05, 4.69) is 0 Å². The molecule has 0 bridgehead atoms. The molecule has 4 nitrogen and oxygen atoms in total. The van der Waals surface area contributed by atoms with E-state index in [-0.39, 0.29) is 10.2 Å². The van der Waals surface area contributed by atoms with Gasteiger partial charge in [-0.1, -0.05) is 91.2 Å². The lowest BCUT2D eigenvalue weighted by Gasteiger charge is -2.22. The summed E-state index contributed by atoms with van der Waals surface area (Å²) in [5.74, 6) is -1.43. The van der Waals surface area contributed by atoms with Crippen LogP contribution < -0.4 is 0 Å². The fourth-order valence-electron chi connectivity index (χ4n) is 3.17. The molecule has 1 heterocycles. The molecule has 1 aliphatic heterocycles. The first kappa shape index (κ1) is 22.8. The number of rotatable bonds is 7. The van der Waals surface area contributed by atoms with Crippen LogP contribution in [0.5, 0.6) is 0 Å². The molecular formula is C22H19Cl2NO3S2. The molecule has 1 amide bonds. The van der Waals surface area contributed by atoms with Gasteiger partial charge in [0.05, 0.1) is 4.91 Å². The quantitative estimate of drug-likeness (QED) is 0.362. The van der Waals surface area contributed by atoms with E-state index in [0.29, 0.717) is 27.8 Å². The lowest BCUT2D eigenvalue weighted by Crippen LogP contribution is -2.43. The van der Waals surface area contributed by atoms with Gasteiger partial charge in [0.25, 0.3) is 5.91 Å². The molecule has 156 valence electrons. The number of nitrogens with zero attached hydrogens (tertiary/aromatic N) is 1. The van der Waals surface area contributed by atoms with E-state index in [1.807, 2.05) is 37.3 Å². The molecule has 1 N–H and O–H groups in total. The molecular weight excluding hydrogens is 461 g/mol. The largest absolute Gasteiger partial charge is 0.480 e. The summed E-state index contributed by atoms with van der Waals surface area (Å²) in [6.07, 6.45) is 3.59. The summed E-state index contributed by atoms with van der Waals surface area (Å²) < 4.78 is 0.261. The summed E-state index contributed by atoms with van der Waals surface area (Å²) in [6, 6.07) is 11.9. The van der Waals surface area contributed by atoms with Crippen LogP contribution in [0, 0.1) is 0 Å². The number of thiocarbonyl (C=S) groups is 1. The third-order valence-corrected chi connectivity index (χ3v) is 6.56. The molecule has 0 spiro atoms. The van der Waals surface area contributed by atoms with E-state index < -0.39 is 12.0 Å². The molecule has 0 aliphatic carbocycles. The molecule has 30 heavy (non-hydrogen) atoms. The zero-order valence-electron chi connectivity index (χ0n) is 16.1. The van der Waals surface area contributed by atoms with E-state index in [1.165, 1.54) is 4.90 Å². The molecule has 2 aromatic carbocycles. The van der Waals surface area contributed by atoms with Gasteiger partial charge in [0.1, 0.15) is 10.4 Å². The molecule has 1 atom stereocenters. The summed E-state index contributed by atoms with van der Waals surface area (Å²) in [4.78, 5) is 26.2. The molecule has 1 fully saturated rings. The van der Waals surface area contributed by atoms with Crippen molar-refractivity contribution in [2.24, 2.45) is 0 Å². The number of halogens is 2. The summed E-state index contributed by atoms with van der Waals surface area (Å²) in [7, 11) is 0. The summed E-state index contributed by atoms with van der Waals surface area (Å²) in [6.45, 7) is 1.97. The average Bonchev–Trinajstić information content (AvgIpc) is 2.96. The molecule has 0 radical (unpaired) electrons. The van der Waals surface area contributed by atoms with Crippen LogP contribution in [-0.2, 0) is 9.59 Å². The Labute approximate surface area is 194 Å². The van der Waals surface area contributed by atoms with Gasteiger partial charge in [-0.25, -0.2) is 4.79 Å². The number of hydrogen-bond acceptors (Lipinski definition) is 4. The minimum absolute atomic E-state index is 0.261. The number of carbonyl (C=O) groups is 2. The van der Waals surface area contributed by atoms with E-state index in [4.69, 9.17) is 35.4 Å². The van der Waals surface area contributed by atoms with Crippen LogP contribution in [0.25, 0.3) is 17.2 Å². The number of carboxylic acid groups (broad SMARTS) is 1. The lowest BCUT2D eigenvalue weighted by molar-refractivity contribution is -0.145. The Bertz CT molecular complexity index is 1040. The minimum atomic E-state index is -1.05. The van der Waals surface area contributed by atoms with Crippen molar-refractivity contribution in [1.29, 1.82) is 0 Å². The smallest absolute Gasteiger partial charge is 0.326 e. The van der Waals surface area contributed by atoms with Crippen LogP contribution in [0.15, 0.2) is 47.4 Å². The Hall–Kier alpha value is -1.86. The Kier molecular flexibility index (Phi) is 7.58. The van der Waals surface area contributed by atoms with Gasteiger partial charge in [-0.2, -0.15) is 0 Å². The normalized spacial score (nSPS) is 16.4. The van der Waals surface area contributed by atoms with Crippen LogP contribution >= 0.6 is 47.2 Å². The first-order valence-corrected chi connectivity index (χ1v) is 11.3. The van der Waals surface area contributed by atoms with Gasteiger partial charge >= 0.3 is 5.97 Å². The third-order valence-electron chi connectivity index (χ3n) is 4.68. The van der Waals surface area contributed by atoms with Crippen molar-refractivity contribution in [1.82, 2.24) is 4.90 Å². The highest BCUT2D eigenvalue weighted by molar-refractivity contribution is 8.26. The number of thioether (sulfide) groups is 1. The number of hydrogen-bond donors (Lipinski definition) is 1. The summed E-state index contributed by atoms with van der Waals surface area (Å²) in [5.41, 5.74) is 2.45. The van der Waals surface area contributed by atoms with Crippen molar-refractivity contribution in [3.05, 3.63) is 63.0 Å². The molecule has 1 saturated heterocycles. The number of benzene rings is 2. The van der Waals surface area contributed by atoms with Gasteiger partial charge in [-0.15, -0.1) is 0 Å². The maximum atomic E-state index is 12.9. The molecule has 1 aliphatic rings. The maximum absolute atomic E-state index is 12.9. The fourth-order valence-corrected chi connectivity index (χ4v) is 5.02. The number of carbonyl (C=O) groups excluding carboxylic acids is 1. The first-order chi connectivity index (χ1) is 14.3. The molecule has 0 saturated carbocycles. The van der Waals surface area contributed by atoms with Crippen LogP contribution in [0.3, 0.4) is 0 Å². The number of amides is 1. The number of carboxylic acids is 1. The highest BCUT2D eigenvalue weighted by Gasteiger charge is 2.40. The highest BCUT2D eigenvalue weighted by Crippen LogP contribution is 2.36. The van der Waals surface area contributed by atoms with Gasteiger partial charge in [-0.05, 0) is 41.8 Å². The Morgan fingerprint density at radius 1 is 1.27 bits per heavy atom. The van der Waals surface area contributed by atoms with Gasteiger partial charge < -0.3 is 5.11 Å². The van der Waals surface area contributed by atoms with E-state index in [1.54, 1.807) is 18.2 Å². The van der Waals surface area contributed by atoms with Crippen molar-refractivity contribution in [2.75, 3.05) is 0 Å². The van der Waals surface area contributed by atoms with Gasteiger partial charge in [-0.3, -0.25) is 9.69 Å². The topological polar surface area (TPSA) is 57.6 Å². The zero-order chi connectivity index (χ0) is 21.8. The molecule has 0 aromatic heterocycles. The third kappa shape index (κ3) is 5.06. The molecule has 2 aromatic rings. The van der Waals surface area contributed by atoms with Crippen molar-refractivity contribution in [3.8, 4) is 11.1 Å². The van der Waals surface area contributed by atoms with Crippen LogP contribution in [0.4, 0.5) is 0 Å². The summed E-state index contributed by atoms with van der Waals surface area (Å²) >= 11 is 18.9. The van der Waals surface area contributed by atoms with Crippen LogP contribution in [-0.4, -0.2) is 32.2 Å². The monoisotopic (exact) mass is 479 g/mol. The van der Waals surface area contributed by atoms with Crippen molar-refractivity contribution >= 4 is 69.5 Å². The standard InChI is InChI=1S/C22H19Cl2NO3S2/c1-2-3-7-18(21(27)28)25-20(26)19(30-22(25)29)11-13-8-9-16(17(24)10-13)14-5-4-6-15(23)12-14/h4-6,8-12,18H,2-3,7H2,1H3,(H,27,28)/b19-11-/t18-/m0/s1. The molecule has 3 rings (SSSR count). The van der Waals surface area contributed by atoms with Crippen molar-refractivity contribution in [3.63, 3.8) is 0 Å². The van der Waals surface area contributed by atoms with Crippen molar-refractivity contribution in [2.45, 2.75) is 32.2 Å². The van der Waals surface area contributed by atoms with Gasteiger partial charge in [0.15, 0.2) is 0 Å². The second-order valence-electron chi connectivity index (χ2n) is 6.80. The van der Waals surface area contributed by atoms with E-state index in [9.17, 15) is 14.7 Å². The molecule has 8 heteroatoms. The zero-order valence-corrected chi connectivity index (χ0v) is 19.2.